The van der Waals surface area contributed by atoms with Gasteiger partial charge in [-0.05, 0) is 48.7 Å². The van der Waals surface area contributed by atoms with Crippen LogP contribution in [0.15, 0.2) is 54.6 Å². The van der Waals surface area contributed by atoms with E-state index in [0.29, 0.717) is 17.7 Å². The minimum Gasteiger partial charge on any atom is -0.346 e. The van der Waals surface area contributed by atoms with E-state index >= 15 is 0 Å². The summed E-state index contributed by atoms with van der Waals surface area (Å²) < 4.78 is 25.6. The highest BCUT2D eigenvalue weighted by Gasteiger charge is 2.21. The fourth-order valence-electron chi connectivity index (χ4n) is 3.36. The zero-order chi connectivity index (χ0) is 21.7. The van der Waals surface area contributed by atoms with Gasteiger partial charge in [0.25, 0.3) is 0 Å². The molecule has 0 saturated carbocycles. The maximum Gasteiger partial charge on any atom is 0.244 e. The second-order valence-corrected chi connectivity index (χ2v) is 9.01. The summed E-state index contributed by atoms with van der Waals surface area (Å²) in [6.07, 6.45) is 5.67. The molecular formula is C22H25N3O4S. The van der Waals surface area contributed by atoms with E-state index < -0.39 is 16.1 Å². The molecule has 1 heterocycles. The molecule has 0 radical (unpaired) electrons. The lowest BCUT2D eigenvalue weighted by Crippen LogP contribution is -2.25. The topological polar surface area (TPSA) is 95.6 Å². The number of nitrogens with zero attached hydrogens (tertiary/aromatic N) is 1. The van der Waals surface area contributed by atoms with Crippen LogP contribution < -0.4 is 14.9 Å². The highest BCUT2D eigenvalue weighted by molar-refractivity contribution is 7.92. The zero-order valence-corrected chi connectivity index (χ0v) is 17.8. The van der Waals surface area contributed by atoms with E-state index in [9.17, 15) is 18.0 Å². The molecule has 0 aromatic heterocycles. The van der Waals surface area contributed by atoms with Crippen molar-refractivity contribution in [1.29, 1.82) is 0 Å². The van der Waals surface area contributed by atoms with E-state index in [2.05, 4.69) is 10.0 Å². The number of hydrogen-bond acceptors (Lipinski definition) is 4. The summed E-state index contributed by atoms with van der Waals surface area (Å²) >= 11 is 0. The predicted molar refractivity (Wildman–Crippen MR) is 119 cm³/mol. The van der Waals surface area contributed by atoms with Crippen molar-refractivity contribution in [3.8, 4) is 0 Å². The minimum absolute atomic E-state index is 0.136. The Hall–Kier alpha value is -3.13. The molecule has 1 fully saturated rings. The van der Waals surface area contributed by atoms with E-state index in [-0.39, 0.29) is 11.8 Å². The fourth-order valence-corrected chi connectivity index (χ4v) is 3.95. The number of para-hydroxylation sites is 1. The summed E-state index contributed by atoms with van der Waals surface area (Å²) in [7, 11) is -3.42. The lowest BCUT2D eigenvalue weighted by atomic mass is 10.1. The van der Waals surface area contributed by atoms with Crippen molar-refractivity contribution in [2.75, 3.05) is 22.4 Å². The van der Waals surface area contributed by atoms with Gasteiger partial charge in [0.2, 0.25) is 21.8 Å². The molecule has 8 heteroatoms. The van der Waals surface area contributed by atoms with Gasteiger partial charge in [-0.1, -0.05) is 30.3 Å². The standard InChI is InChI=1S/C22H25N3O4S/c1-16(19-6-3-4-7-20(19)24-30(2,28)29)23-21(26)14-11-17-9-12-18(13-10-17)25-15-5-8-22(25)27/h3-4,6-7,9-14,16,24H,5,8,15H2,1-2H3,(H,23,26)/b14-11+/t16-/m1/s1. The molecule has 2 N–H and O–H groups in total. The number of nitrogens with one attached hydrogen (secondary N) is 2. The van der Waals surface area contributed by atoms with E-state index in [1.165, 1.54) is 6.08 Å². The Morgan fingerprint density at radius 3 is 2.47 bits per heavy atom. The van der Waals surface area contributed by atoms with Gasteiger partial charge in [0.1, 0.15) is 0 Å². The van der Waals surface area contributed by atoms with Crippen LogP contribution in [0.1, 0.15) is 36.9 Å². The van der Waals surface area contributed by atoms with Crippen LogP contribution in [0.25, 0.3) is 6.08 Å². The molecule has 1 saturated heterocycles. The first-order valence-corrected chi connectivity index (χ1v) is 11.6. The Bertz CT molecular complexity index is 1060. The van der Waals surface area contributed by atoms with Crippen molar-refractivity contribution in [3.05, 3.63) is 65.7 Å². The molecule has 1 atom stereocenters. The van der Waals surface area contributed by atoms with Gasteiger partial charge < -0.3 is 10.2 Å². The van der Waals surface area contributed by atoms with Crippen molar-refractivity contribution in [1.82, 2.24) is 5.32 Å². The normalized spacial score (nSPS) is 15.4. The van der Waals surface area contributed by atoms with Crippen LogP contribution >= 0.6 is 0 Å². The van der Waals surface area contributed by atoms with Crippen molar-refractivity contribution >= 4 is 39.3 Å². The molecule has 2 aromatic carbocycles. The number of carbonyl (C=O) groups is 2. The Labute approximate surface area is 176 Å². The molecule has 0 unspecified atom stereocenters. The molecule has 2 aromatic rings. The first-order chi connectivity index (χ1) is 14.2. The minimum atomic E-state index is -3.42. The van der Waals surface area contributed by atoms with E-state index in [0.717, 1.165) is 30.5 Å². The number of rotatable bonds is 7. The Balaban J connectivity index is 1.63. The third kappa shape index (κ3) is 5.70. The molecule has 1 aliphatic heterocycles. The molecule has 7 nitrogen and oxygen atoms in total. The molecular weight excluding hydrogens is 402 g/mol. The highest BCUT2D eigenvalue weighted by Crippen LogP contribution is 2.24. The van der Waals surface area contributed by atoms with Crippen LogP contribution in [0, 0.1) is 0 Å². The lowest BCUT2D eigenvalue weighted by Gasteiger charge is -2.17. The van der Waals surface area contributed by atoms with Crippen molar-refractivity contribution in [2.24, 2.45) is 0 Å². The van der Waals surface area contributed by atoms with E-state index in [4.69, 9.17) is 0 Å². The molecule has 0 aliphatic carbocycles. The second-order valence-electron chi connectivity index (χ2n) is 7.27. The molecule has 2 amide bonds. The number of amides is 2. The highest BCUT2D eigenvalue weighted by atomic mass is 32.2. The summed E-state index contributed by atoms with van der Waals surface area (Å²) in [6, 6.07) is 14.0. The number of sulfonamides is 1. The number of carbonyl (C=O) groups excluding carboxylic acids is 2. The molecule has 158 valence electrons. The average molecular weight is 428 g/mol. The van der Waals surface area contributed by atoms with Crippen LogP contribution in [0.4, 0.5) is 11.4 Å². The van der Waals surface area contributed by atoms with Gasteiger partial charge in [-0.3, -0.25) is 14.3 Å². The monoisotopic (exact) mass is 427 g/mol. The van der Waals surface area contributed by atoms with Gasteiger partial charge in [0, 0.05) is 24.7 Å². The zero-order valence-electron chi connectivity index (χ0n) is 17.0. The summed E-state index contributed by atoms with van der Waals surface area (Å²) in [5, 5.41) is 2.84. The number of anilines is 2. The smallest absolute Gasteiger partial charge is 0.244 e. The van der Waals surface area contributed by atoms with Gasteiger partial charge in [-0.25, -0.2) is 8.42 Å². The van der Waals surface area contributed by atoms with E-state index in [1.54, 1.807) is 42.2 Å². The van der Waals surface area contributed by atoms with Gasteiger partial charge in [-0.15, -0.1) is 0 Å². The van der Waals surface area contributed by atoms with Gasteiger partial charge in [-0.2, -0.15) is 0 Å². The van der Waals surface area contributed by atoms with Crippen LogP contribution in [0.3, 0.4) is 0 Å². The van der Waals surface area contributed by atoms with Gasteiger partial charge >= 0.3 is 0 Å². The maximum absolute atomic E-state index is 12.3. The average Bonchev–Trinajstić information content (AvgIpc) is 3.12. The number of hydrogen-bond donors (Lipinski definition) is 2. The maximum atomic E-state index is 12.3. The van der Waals surface area contributed by atoms with Crippen LogP contribution in [-0.2, 0) is 19.6 Å². The van der Waals surface area contributed by atoms with Crippen molar-refractivity contribution in [3.63, 3.8) is 0 Å². The largest absolute Gasteiger partial charge is 0.346 e. The van der Waals surface area contributed by atoms with E-state index in [1.807, 2.05) is 24.3 Å². The Kier molecular flexibility index (Phi) is 6.56. The van der Waals surface area contributed by atoms with Crippen LogP contribution in [0.5, 0.6) is 0 Å². The SMILES string of the molecule is C[C@@H](NC(=O)/C=C/c1ccc(N2CCCC2=O)cc1)c1ccccc1NS(C)(=O)=O. The van der Waals surface area contributed by atoms with Crippen LogP contribution in [-0.4, -0.2) is 33.0 Å². The van der Waals surface area contributed by atoms with Crippen molar-refractivity contribution < 1.29 is 18.0 Å². The molecule has 0 bridgehead atoms. The molecule has 1 aliphatic rings. The molecule has 0 spiro atoms. The molecule has 3 rings (SSSR count). The quantitative estimate of drug-likeness (QED) is 0.664. The van der Waals surface area contributed by atoms with Gasteiger partial charge in [0.05, 0.1) is 18.0 Å². The molecule has 30 heavy (non-hydrogen) atoms. The third-order valence-corrected chi connectivity index (χ3v) is 5.38. The third-order valence-electron chi connectivity index (χ3n) is 4.79. The summed E-state index contributed by atoms with van der Waals surface area (Å²) in [5.41, 5.74) is 2.81. The Morgan fingerprint density at radius 2 is 1.83 bits per heavy atom. The van der Waals surface area contributed by atoms with Gasteiger partial charge in [0.15, 0.2) is 0 Å². The fraction of sp³-hybridized carbons (Fsp3) is 0.273. The summed E-state index contributed by atoms with van der Waals surface area (Å²) in [5.74, 6) is -0.159. The van der Waals surface area contributed by atoms with Crippen LogP contribution in [0.2, 0.25) is 0 Å². The summed E-state index contributed by atoms with van der Waals surface area (Å²) in [4.78, 5) is 25.9. The van der Waals surface area contributed by atoms with Crippen molar-refractivity contribution in [2.45, 2.75) is 25.8 Å². The predicted octanol–water partition coefficient (Wildman–Crippen LogP) is 3.08. The Morgan fingerprint density at radius 1 is 1.13 bits per heavy atom. The first-order valence-electron chi connectivity index (χ1n) is 9.69. The number of benzene rings is 2. The second kappa shape index (κ2) is 9.13. The lowest BCUT2D eigenvalue weighted by molar-refractivity contribution is -0.117. The summed E-state index contributed by atoms with van der Waals surface area (Å²) in [6.45, 7) is 2.53. The first kappa shape index (κ1) is 21.6.